The maximum atomic E-state index is 14.3. The van der Waals surface area contributed by atoms with E-state index in [2.05, 4.69) is 53.5 Å². The molecule has 6 rings (SSSR count). The molecule has 1 aliphatic heterocycles. The van der Waals surface area contributed by atoms with Crippen molar-refractivity contribution < 1.29 is 32.6 Å². The van der Waals surface area contributed by atoms with E-state index in [4.69, 9.17) is 16.3 Å². The number of carbonyl (C=O) groups excluding carboxylic acids is 3. The molecule has 0 spiro atoms. The number of methoxy groups -OCH3 is 1. The van der Waals surface area contributed by atoms with Crippen molar-refractivity contribution >= 4 is 73.6 Å². The molecular formula is C53H71ClN10O7S2. The number of hydrogen-bond donors (Lipinski definition) is 6. The van der Waals surface area contributed by atoms with Crippen LogP contribution in [0.3, 0.4) is 0 Å². The lowest BCUT2D eigenvalue weighted by Crippen LogP contribution is -2.65. The van der Waals surface area contributed by atoms with Crippen molar-refractivity contribution in [3.63, 3.8) is 0 Å². The number of rotatable bonds is 24. The minimum atomic E-state index is -3.59. The topological polar surface area (TPSA) is 220 Å². The molecule has 0 radical (unpaired) electrons. The maximum absolute atomic E-state index is 14.3. The van der Waals surface area contributed by atoms with E-state index in [1.54, 1.807) is 56.6 Å². The second-order valence-corrected chi connectivity index (χ2v) is 23.4. The number of thiazole rings is 1. The summed E-state index contributed by atoms with van der Waals surface area (Å²) in [6.45, 7) is 16.5. The molecule has 20 heteroatoms. The number of sulfone groups is 1. The molecule has 0 unspecified atom stereocenters. The van der Waals surface area contributed by atoms with Crippen LogP contribution in [-0.2, 0) is 30.6 Å². The Balaban J connectivity index is 0.971. The second-order valence-electron chi connectivity index (χ2n) is 19.6. The molecular weight excluding hydrogens is 988 g/mol. The third-order valence-corrected chi connectivity index (χ3v) is 16.7. The number of likely N-dealkylation sites (N-methyl/N-ethyl adjacent to an activating group) is 1. The zero-order valence-corrected chi connectivity index (χ0v) is 45.9. The fourth-order valence-electron chi connectivity index (χ4n) is 8.84. The van der Waals surface area contributed by atoms with Crippen LogP contribution in [0.15, 0.2) is 77.3 Å². The van der Waals surface area contributed by atoms with Gasteiger partial charge in [-0.05, 0) is 134 Å². The predicted molar refractivity (Wildman–Crippen MR) is 290 cm³/mol. The lowest BCUT2D eigenvalue weighted by molar-refractivity contribution is -0.143. The highest BCUT2D eigenvalue weighted by molar-refractivity contribution is 7.92. The number of unbranched alkanes of at least 4 members (excludes halogenated alkanes) is 2. The Labute approximate surface area is 439 Å². The lowest BCUT2D eigenvalue weighted by Gasteiger charge is -2.38. The maximum Gasteiger partial charge on any atom is 0.247 e. The molecule has 4 atom stereocenters. The van der Waals surface area contributed by atoms with Gasteiger partial charge in [0.2, 0.25) is 23.7 Å². The molecule has 3 amide bonds. The fourth-order valence-corrected chi connectivity index (χ4v) is 11.0. The van der Waals surface area contributed by atoms with Gasteiger partial charge in [-0.25, -0.2) is 18.4 Å². The van der Waals surface area contributed by atoms with E-state index in [1.807, 2.05) is 76.5 Å². The molecule has 0 saturated carbocycles. The van der Waals surface area contributed by atoms with Crippen LogP contribution in [0.2, 0.25) is 5.02 Å². The van der Waals surface area contributed by atoms with E-state index in [-0.39, 0.29) is 52.5 Å². The van der Waals surface area contributed by atoms with Crippen LogP contribution in [0, 0.1) is 13.8 Å². The van der Waals surface area contributed by atoms with Crippen molar-refractivity contribution in [3.05, 3.63) is 99.8 Å². The van der Waals surface area contributed by atoms with Crippen LogP contribution in [0.5, 0.6) is 5.75 Å². The standard InChI is InChI=1S/C53H71ClN10O7S2/c1-32(2)73(69,70)46-17-13-12-16-42(46)60-49-41(54)29-55-52(62-49)61-43-26-33(3)39(27-45(43)71-10)22-25-63(9)24-15-11-14-23-57-53(7,8)48(59-36(6)65)51(68)64-30-40(66)28-44(64)50(67)58-34(4)37-18-20-38(21-19-37)47-35(5)56-31-72-47/h12-13,16-21,26-27,29,31-32,34,40,44,48,57,66H,11,14-15,22-25,28,30H2,1-10H3,(H,58,67)(H,59,65)(H2,55,60,61,62)/t34-,40+,44-,48+/m0/s1. The first-order chi connectivity index (χ1) is 34.6. The van der Waals surface area contributed by atoms with Crippen molar-refractivity contribution in [1.29, 1.82) is 0 Å². The Morgan fingerprint density at radius 1 is 0.973 bits per heavy atom. The molecule has 6 N–H and O–H groups in total. The van der Waals surface area contributed by atoms with E-state index in [1.165, 1.54) is 18.0 Å². The van der Waals surface area contributed by atoms with Gasteiger partial charge >= 0.3 is 0 Å². The van der Waals surface area contributed by atoms with Gasteiger partial charge in [0.1, 0.15) is 22.9 Å². The molecule has 1 saturated heterocycles. The number of para-hydroxylation sites is 1. The number of aryl methyl sites for hydroxylation is 2. The molecule has 3 heterocycles. The minimum Gasteiger partial charge on any atom is -0.495 e. The summed E-state index contributed by atoms with van der Waals surface area (Å²) in [6.07, 6.45) is 4.16. The highest BCUT2D eigenvalue weighted by Gasteiger charge is 2.45. The highest BCUT2D eigenvalue weighted by atomic mass is 35.5. The number of anilines is 4. The van der Waals surface area contributed by atoms with Gasteiger partial charge in [-0.3, -0.25) is 14.4 Å². The van der Waals surface area contributed by atoms with Crippen LogP contribution in [0.4, 0.5) is 23.1 Å². The number of hydrogen-bond acceptors (Lipinski definition) is 15. The molecule has 73 heavy (non-hydrogen) atoms. The predicted octanol–water partition coefficient (Wildman–Crippen LogP) is 7.90. The quantitative estimate of drug-likeness (QED) is 0.0324. The van der Waals surface area contributed by atoms with E-state index < -0.39 is 44.7 Å². The van der Waals surface area contributed by atoms with E-state index in [0.29, 0.717) is 23.7 Å². The van der Waals surface area contributed by atoms with Crippen LogP contribution < -0.4 is 31.3 Å². The highest BCUT2D eigenvalue weighted by Crippen LogP contribution is 2.34. The summed E-state index contributed by atoms with van der Waals surface area (Å²) < 4.78 is 31.9. The Morgan fingerprint density at radius 3 is 2.37 bits per heavy atom. The van der Waals surface area contributed by atoms with Gasteiger partial charge in [-0.15, -0.1) is 11.3 Å². The van der Waals surface area contributed by atoms with E-state index in [9.17, 15) is 27.9 Å². The largest absolute Gasteiger partial charge is 0.495 e. The number of halogens is 1. The van der Waals surface area contributed by atoms with Gasteiger partial charge < -0.3 is 46.2 Å². The minimum absolute atomic E-state index is 0.0168. The first kappa shape index (κ1) is 56.6. The number of nitrogens with one attached hydrogen (secondary N) is 5. The molecule has 2 aromatic heterocycles. The number of likely N-dealkylation sites (tertiary alicyclic amines) is 1. The molecule has 0 aliphatic carbocycles. The summed E-state index contributed by atoms with van der Waals surface area (Å²) in [6, 6.07) is 16.3. The number of ether oxygens (including phenoxy) is 1. The SMILES string of the molecule is COc1cc(CCN(C)CCCCCNC(C)(C)[C@H](NC(C)=O)C(=O)N2C[C@H](O)C[C@H]2C(=O)N[C@@H](C)c2ccc(-c3scnc3C)cc2)c(C)cc1Nc1ncc(Cl)c(Nc2ccccc2S(=O)(=O)C(C)C)n1. The monoisotopic (exact) mass is 1060 g/mol. The van der Waals surface area contributed by atoms with Crippen molar-refractivity contribution in [3.8, 4) is 16.2 Å². The summed E-state index contributed by atoms with van der Waals surface area (Å²) in [5, 5.41) is 26.1. The van der Waals surface area contributed by atoms with Crippen molar-refractivity contribution in [2.24, 2.45) is 0 Å². The summed E-state index contributed by atoms with van der Waals surface area (Å²) in [7, 11) is 0.113. The van der Waals surface area contributed by atoms with Crippen LogP contribution in [0.1, 0.15) is 95.7 Å². The lowest BCUT2D eigenvalue weighted by atomic mass is 9.92. The van der Waals surface area contributed by atoms with Crippen LogP contribution >= 0.6 is 22.9 Å². The number of aromatic nitrogens is 3. The average Bonchev–Trinajstić information content (AvgIpc) is 3.97. The fraction of sp³-hybridized carbons (Fsp3) is 0.472. The van der Waals surface area contributed by atoms with Crippen LogP contribution in [0.25, 0.3) is 10.4 Å². The Hall–Kier alpha value is -5.70. The number of aliphatic hydroxyl groups is 1. The van der Waals surface area contributed by atoms with Gasteiger partial charge in [0.05, 0.1) is 63.1 Å². The zero-order chi connectivity index (χ0) is 53.2. The van der Waals surface area contributed by atoms with Gasteiger partial charge in [-0.1, -0.05) is 54.4 Å². The van der Waals surface area contributed by atoms with Crippen LogP contribution in [-0.4, -0.2) is 125 Å². The Kier molecular flexibility index (Phi) is 19.4. The van der Waals surface area contributed by atoms with Crippen molar-refractivity contribution in [2.45, 2.75) is 127 Å². The molecule has 1 fully saturated rings. The molecule has 0 bridgehead atoms. The van der Waals surface area contributed by atoms with Gasteiger partial charge in [0.15, 0.2) is 15.7 Å². The number of benzene rings is 3. The third-order valence-electron chi connectivity index (χ3n) is 13.2. The normalized spacial score (nSPS) is 15.8. The van der Waals surface area contributed by atoms with Crippen molar-refractivity contribution in [1.82, 2.24) is 40.7 Å². The summed E-state index contributed by atoms with van der Waals surface area (Å²) >= 11 is 8.05. The number of nitrogens with zero attached hydrogens (tertiary/aromatic N) is 5. The smallest absolute Gasteiger partial charge is 0.247 e. The number of carbonyl (C=O) groups is 3. The number of amides is 3. The first-order valence-corrected chi connectivity index (χ1v) is 27.5. The van der Waals surface area contributed by atoms with Crippen molar-refractivity contribution in [2.75, 3.05) is 51.0 Å². The average molecular weight is 1060 g/mol. The number of β-amino-alcohol motifs (C(OH)–C–C–N with tert-alkyl or cyclic N) is 1. The summed E-state index contributed by atoms with van der Waals surface area (Å²) in [5.41, 5.74) is 7.05. The molecule has 1 aliphatic rings. The second kappa shape index (κ2) is 25.0. The van der Waals surface area contributed by atoms with Gasteiger partial charge in [0.25, 0.3) is 0 Å². The van der Waals surface area contributed by atoms with E-state index in [0.717, 1.165) is 71.6 Å². The van der Waals surface area contributed by atoms with Gasteiger partial charge in [-0.2, -0.15) is 4.98 Å². The Bertz CT molecular complexity index is 2830. The van der Waals surface area contributed by atoms with Gasteiger partial charge in [0, 0.05) is 32.0 Å². The molecule has 394 valence electrons. The first-order valence-electron chi connectivity index (χ1n) is 24.7. The molecule has 17 nitrogen and oxygen atoms in total. The number of aliphatic hydroxyl groups excluding tert-OH is 1. The Morgan fingerprint density at radius 2 is 1.70 bits per heavy atom. The summed E-state index contributed by atoms with van der Waals surface area (Å²) in [5.74, 6) is -0.0745. The summed E-state index contributed by atoms with van der Waals surface area (Å²) in [4.78, 5) is 58.8. The van der Waals surface area contributed by atoms with E-state index >= 15 is 0 Å². The zero-order valence-electron chi connectivity index (χ0n) is 43.5. The molecule has 3 aromatic carbocycles. The third kappa shape index (κ3) is 14.5. The molecule has 5 aromatic rings.